The van der Waals surface area contributed by atoms with Gasteiger partial charge in [0.1, 0.15) is 0 Å². The largest absolute Gasteiger partial charge is 0.294 e. The molecule has 0 saturated carbocycles. The van der Waals surface area contributed by atoms with Crippen molar-refractivity contribution >= 4 is 23.1 Å². The van der Waals surface area contributed by atoms with Gasteiger partial charge in [-0.25, -0.2) is 0 Å². The molecule has 6 nitrogen and oxygen atoms in total. The van der Waals surface area contributed by atoms with Crippen LogP contribution < -0.4 is 0 Å². The lowest BCUT2D eigenvalue weighted by Crippen LogP contribution is -2.19. The van der Waals surface area contributed by atoms with Gasteiger partial charge in [-0.05, 0) is 35.4 Å². The zero-order chi connectivity index (χ0) is 32.5. The van der Waals surface area contributed by atoms with E-state index in [1.807, 2.05) is 12.1 Å². The lowest BCUT2D eigenvalue weighted by atomic mass is 9.83. The number of hydrogen-bond donors (Lipinski definition) is 0. The Hall–Kier alpha value is -6.24. The molecule has 0 bridgehead atoms. The summed E-state index contributed by atoms with van der Waals surface area (Å²) in [5.74, 6) is -2.59. The van der Waals surface area contributed by atoms with Gasteiger partial charge in [0.05, 0.1) is 35.1 Å². The Morgan fingerprint density at radius 3 is 1.07 bits per heavy atom. The van der Waals surface area contributed by atoms with Gasteiger partial charge in [-0.2, -0.15) is 10.5 Å². The van der Waals surface area contributed by atoms with Crippen molar-refractivity contribution in [1.29, 1.82) is 10.5 Å². The molecule has 5 rings (SSSR count). The smallest absolute Gasteiger partial charge is 0.170 e. The van der Waals surface area contributed by atoms with E-state index in [4.69, 9.17) is 0 Å². The van der Waals surface area contributed by atoms with Crippen LogP contribution in [-0.4, -0.2) is 23.1 Å². The summed E-state index contributed by atoms with van der Waals surface area (Å²) in [6, 6.07) is 41.1. The Morgan fingerprint density at radius 1 is 0.435 bits per heavy atom. The zero-order valence-electron chi connectivity index (χ0n) is 24.8. The predicted molar refractivity (Wildman–Crippen MR) is 174 cm³/mol. The first-order valence-corrected chi connectivity index (χ1v) is 14.7. The van der Waals surface area contributed by atoms with Crippen molar-refractivity contribution in [2.24, 2.45) is 0 Å². The van der Waals surface area contributed by atoms with Crippen LogP contribution in [0.5, 0.6) is 0 Å². The number of nitriles is 2. The summed E-state index contributed by atoms with van der Waals surface area (Å²) >= 11 is 0. The third-order valence-electron chi connectivity index (χ3n) is 7.94. The number of carbonyl (C=O) groups is 4. The topological polar surface area (TPSA) is 116 Å². The van der Waals surface area contributed by atoms with E-state index < -0.39 is 11.8 Å². The predicted octanol–water partition coefficient (Wildman–Crippen LogP) is 7.91. The number of carbonyl (C=O) groups excluding carboxylic acids is 4. The highest BCUT2D eigenvalue weighted by atomic mass is 16.1. The summed E-state index contributed by atoms with van der Waals surface area (Å²) in [7, 11) is 0. The highest BCUT2D eigenvalue weighted by molar-refractivity contribution is 6.08. The Bertz CT molecular complexity index is 1810. The average Bonchev–Trinajstić information content (AvgIpc) is 3.13. The lowest BCUT2D eigenvalue weighted by molar-refractivity contribution is 0.0891. The fourth-order valence-corrected chi connectivity index (χ4v) is 5.36. The number of benzene rings is 5. The minimum absolute atomic E-state index is 0.0716. The first-order valence-electron chi connectivity index (χ1n) is 14.7. The minimum atomic E-state index is -0.808. The van der Waals surface area contributed by atoms with Crippen LogP contribution in [0, 0.1) is 22.7 Å². The van der Waals surface area contributed by atoms with Gasteiger partial charge in [-0.3, -0.25) is 19.2 Å². The van der Waals surface area contributed by atoms with Crippen LogP contribution in [0.15, 0.2) is 133 Å². The first-order chi connectivity index (χ1) is 22.4. The van der Waals surface area contributed by atoms with Gasteiger partial charge in [-0.1, -0.05) is 109 Å². The van der Waals surface area contributed by atoms with E-state index in [0.717, 1.165) is 0 Å². The first kappa shape index (κ1) is 31.2. The molecule has 2 atom stereocenters. The third-order valence-corrected chi connectivity index (χ3v) is 7.94. The van der Waals surface area contributed by atoms with Crippen molar-refractivity contribution in [3.63, 3.8) is 0 Å². The van der Waals surface area contributed by atoms with Gasteiger partial charge >= 0.3 is 0 Å². The monoisotopic (exact) mass is 600 g/mol. The Kier molecular flexibility index (Phi) is 9.83. The number of Topliss-reactive ketones (excluding diaryl/α,β-unsaturated/α-hetero) is 4. The quantitative estimate of drug-likeness (QED) is 0.134. The van der Waals surface area contributed by atoms with Crippen molar-refractivity contribution in [2.45, 2.75) is 24.7 Å². The van der Waals surface area contributed by atoms with E-state index in [1.54, 1.807) is 121 Å². The molecule has 0 heterocycles. The van der Waals surface area contributed by atoms with Crippen molar-refractivity contribution < 1.29 is 19.2 Å². The average molecular weight is 601 g/mol. The molecule has 0 aliphatic carbocycles. The summed E-state index contributed by atoms with van der Waals surface area (Å²) in [5, 5.41) is 18.5. The summed E-state index contributed by atoms with van der Waals surface area (Å²) in [6.45, 7) is 0. The van der Waals surface area contributed by atoms with E-state index in [9.17, 15) is 29.7 Å². The second-order valence-electron chi connectivity index (χ2n) is 10.9. The van der Waals surface area contributed by atoms with E-state index in [-0.39, 0.29) is 36.0 Å². The van der Waals surface area contributed by atoms with Crippen LogP contribution in [0.25, 0.3) is 0 Å². The van der Waals surface area contributed by atoms with E-state index in [0.29, 0.717) is 44.5 Å². The van der Waals surface area contributed by atoms with E-state index in [2.05, 4.69) is 12.1 Å². The molecule has 0 N–H and O–H groups in total. The lowest BCUT2D eigenvalue weighted by Gasteiger charge is -2.18. The molecule has 6 heteroatoms. The number of hydrogen-bond acceptors (Lipinski definition) is 6. The van der Waals surface area contributed by atoms with Crippen LogP contribution in [-0.2, 0) is 0 Å². The molecule has 0 spiro atoms. The van der Waals surface area contributed by atoms with Gasteiger partial charge in [0, 0.05) is 35.1 Å². The maximum atomic E-state index is 13.9. The molecule has 0 amide bonds. The molecular weight excluding hydrogens is 572 g/mol. The van der Waals surface area contributed by atoms with Crippen molar-refractivity contribution in [1.82, 2.24) is 0 Å². The van der Waals surface area contributed by atoms with Gasteiger partial charge in [0.15, 0.2) is 23.1 Å². The summed E-state index contributed by atoms with van der Waals surface area (Å²) < 4.78 is 0. The van der Waals surface area contributed by atoms with Crippen LogP contribution in [0.1, 0.15) is 88.4 Å². The highest BCUT2D eigenvalue weighted by Crippen LogP contribution is 2.30. The fourth-order valence-electron chi connectivity index (χ4n) is 5.36. The molecule has 0 aliphatic rings. The van der Waals surface area contributed by atoms with Crippen LogP contribution in [0.2, 0.25) is 0 Å². The van der Waals surface area contributed by atoms with E-state index in [1.165, 1.54) is 0 Å². The fraction of sp³-hybridized carbons (Fsp3) is 0.100. The van der Waals surface area contributed by atoms with Gasteiger partial charge in [-0.15, -0.1) is 0 Å². The summed E-state index contributed by atoms with van der Waals surface area (Å²) in [6.07, 6.45) is -0.143. The van der Waals surface area contributed by atoms with Crippen LogP contribution in [0.3, 0.4) is 0 Å². The molecule has 2 unspecified atom stereocenters. The number of ketones is 4. The molecule has 5 aromatic rings. The molecule has 0 radical (unpaired) electrons. The summed E-state index contributed by atoms with van der Waals surface area (Å²) in [5.41, 5.74) is 3.72. The van der Waals surface area contributed by atoms with Crippen molar-refractivity contribution in [3.05, 3.63) is 178 Å². The van der Waals surface area contributed by atoms with Gasteiger partial charge in [0.25, 0.3) is 0 Å². The molecule has 5 aromatic carbocycles. The van der Waals surface area contributed by atoms with E-state index >= 15 is 0 Å². The normalized spacial score (nSPS) is 11.8. The second-order valence-corrected chi connectivity index (χ2v) is 10.9. The van der Waals surface area contributed by atoms with Gasteiger partial charge in [0.2, 0.25) is 0 Å². The van der Waals surface area contributed by atoms with Crippen molar-refractivity contribution in [3.8, 4) is 12.1 Å². The Balaban J connectivity index is 1.43. The molecule has 0 fully saturated rings. The maximum absolute atomic E-state index is 13.9. The maximum Gasteiger partial charge on any atom is 0.170 e. The van der Waals surface area contributed by atoms with Crippen LogP contribution in [0.4, 0.5) is 0 Å². The Morgan fingerprint density at radius 2 is 0.761 bits per heavy atom. The summed E-state index contributed by atoms with van der Waals surface area (Å²) in [4.78, 5) is 54.1. The number of nitrogens with zero attached hydrogens (tertiary/aromatic N) is 2. The third kappa shape index (κ3) is 7.27. The second kappa shape index (κ2) is 14.5. The number of rotatable bonds is 12. The standard InChI is InChI=1S/C40H28N2O4/c41-25-27-11-15-29(16-12-27)35(23-37(43)31-7-3-1-4-8-31)39(45)33-19-21-34(22-20-33)40(46)36(30-17-13-28(26-42)14-18-30)24-38(44)32-9-5-2-6-10-32/h1-22,35-36H,23-24H2. The molecular formula is C40H28N2O4. The van der Waals surface area contributed by atoms with Crippen molar-refractivity contribution in [2.75, 3.05) is 0 Å². The Labute approximate surface area is 267 Å². The van der Waals surface area contributed by atoms with Gasteiger partial charge < -0.3 is 0 Å². The highest BCUT2D eigenvalue weighted by Gasteiger charge is 2.28. The molecule has 0 aromatic heterocycles. The minimum Gasteiger partial charge on any atom is -0.294 e. The van der Waals surface area contributed by atoms with Crippen LogP contribution >= 0.6 is 0 Å². The molecule has 0 aliphatic heterocycles. The SMILES string of the molecule is N#Cc1ccc(C(CC(=O)c2ccccc2)C(=O)c2ccc(C(=O)C(CC(=O)c3ccccc3)c3ccc(C#N)cc3)cc2)cc1. The molecule has 0 saturated heterocycles. The molecule has 222 valence electrons. The zero-order valence-corrected chi connectivity index (χ0v) is 24.8. The molecule has 46 heavy (non-hydrogen) atoms.